The van der Waals surface area contributed by atoms with Crippen molar-refractivity contribution in [1.82, 2.24) is 19.4 Å². The van der Waals surface area contributed by atoms with E-state index in [0.717, 1.165) is 72.4 Å². The van der Waals surface area contributed by atoms with Gasteiger partial charge in [0.15, 0.2) is 17.4 Å². The molecule has 0 spiro atoms. The van der Waals surface area contributed by atoms with Gasteiger partial charge in [0.25, 0.3) is 5.56 Å². The molecule has 0 bridgehead atoms. The molecule has 294 valence electrons. The van der Waals surface area contributed by atoms with E-state index in [4.69, 9.17) is 32.0 Å². The Hall–Kier alpha value is -4.60. The number of aromatic nitrogens is 2. The molecule has 3 aromatic carbocycles. The lowest BCUT2D eigenvalue weighted by atomic mass is 9.97. The van der Waals surface area contributed by atoms with E-state index in [1.807, 2.05) is 33.7 Å². The third-order valence-electron chi connectivity index (χ3n) is 9.27. The van der Waals surface area contributed by atoms with Crippen molar-refractivity contribution in [1.29, 1.82) is 0 Å². The number of aliphatic carboxylic acids is 2. The molecule has 2 atom stereocenters. The minimum Gasteiger partial charge on any atom is -0.479 e. The third kappa shape index (κ3) is 12.5. The third-order valence-corrected chi connectivity index (χ3v) is 10.6. The van der Waals surface area contributed by atoms with Gasteiger partial charge in [-0.25, -0.2) is 14.0 Å². The number of amides is 1. The zero-order chi connectivity index (χ0) is 40.1. The van der Waals surface area contributed by atoms with Crippen LogP contribution in [0.25, 0.3) is 11.1 Å². The second kappa shape index (κ2) is 20.9. The second-order valence-electron chi connectivity index (χ2n) is 12.9. The van der Waals surface area contributed by atoms with Crippen molar-refractivity contribution in [3.8, 4) is 11.1 Å². The number of carboxylic acid groups (broad SMARTS) is 2. The number of nitrogens with zero attached hydrogens (tertiary/aromatic N) is 4. The molecule has 2 unspecified atom stereocenters. The molecule has 12 nitrogen and oxygen atoms in total. The van der Waals surface area contributed by atoms with Crippen LogP contribution in [0.5, 0.6) is 0 Å². The molecule has 15 heteroatoms. The second-order valence-corrected chi connectivity index (χ2v) is 14.3. The van der Waals surface area contributed by atoms with Crippen molar-refractivity contribution >= 4 is 41.2 Å². The Morgan fingerprint density at radius 3 is 1.95 bits per heavy atom. The molecule has 0 aliphatic heterocycles. The zero-order valence-electron chi connectivity index (χ0n) is 30.7. The van der Waals surface area contributed by atoms with Crippen molar-refractivity contribution in [3.63, 3.8) is 0 Å². The smallest absolute Gasteiger partial charge is 0.335 e. The first-order valence-electron chi connectivity index (χ1n) is 18.0. The monoisotopic (exact) mass is 796 g/mol. The average molecular weight is 797 g/mol. The number of halogens is 2. The lowest BCUT2D eigenvalue weighted by Gasteiger charge is -2.29. The molecule has 0 fully saturated rings. The van der Waals surface area contributed by atoms with Crippen LogP contribution in [0.1, 0.15) is 49.1 Å². The van der Waals surface area contributed by atoms with Crippen molar-refractivity contribution in [2.75, 3.05) is 26.2 Å². The highest BCUT2D eigenvalue weighted by Gasteiger charge is 2.29. The fraction of sp³-hybridized carbons (Fsp3) is 0.375. The maximum Gasteiger partial charge on any atom is 0.335 e. The highest BCUT2D eigenvalue weighted by Crippen LogP contribution is 2.27. The van der Waals surface area contributed by atoms with Crippen LogP contribution in [0, 0.1) is 5.82 Å². The Kier molecular flexibility index (Phi) is 16.4. The molecule has 5 rings (SSSR count). The number of likely N-dealkylation sites (N-methyl/N-ethyl adjacent to an activating group) is 1. The summed E-state index contributed by atoms with van der Waals surface area (Å²) in [6.45, 7) is 8.05. The summed E-state index contributed by atoms with van der Waals surface area (Å²) >= 11 is 7.49. The van der Waals surface area contributed by atoms with Crippen molar-refractivity contribution in [2.24, 2.45) is 0 Å². The number of hydrogen-bond acceptors (Lipinski definition) is 9. The van der Waals surface area contributed by atoms with Crippen LogP contribution in [0.15, 0.2) is 82.7 Å². The molecular formula is C40H46ClFN4O8S. The van der Waals surface area contributed by atoms with Gasteiger partial charge in [-0.05, 0) is 85.3 Å². The van der Waals surface area contributed by atoms with E-state index in [-0.39, 0.29) is 23.8 Å². The number of aliphatic hydroxyl groups is 2. The predicted octanol–water partition coefficient (Wildman–Crippen LogP) is 5.12. The summed E-state index contributed by atoms with van der Waals surface area (Å²) in [6, 6.07) is 22.4. The first kappa shape index (κ1) is 43.1. The van der Waals surface area contributed by atoms with Gasteiger partial charge in [-0.1, -0.05) is 85.7 Å². The van der Waals surface area contributed by atoms with Gasteiger partial charge < -0.3 is 34.8 Å². The van der Waals surface area contributed by atoms with Gasteiger partial charge in [0, 0.05) is 41.7 Å². The van der Waals surface area contributed by atoms with Crippen LogP contribution >= 0.6 is 23.4 Å². The summed E-state index contributed by atoms with van der Waals surface area (Å²) in [5.41, 5.74) is 5.60. The van der Waals surface area contributed by atoms with Gasteiger partial charge in [-0.2, -0.15) is 4.98 Å². The fourth-order valence-corrected chi connectivity index (χ4v) is 7.11. The van der Waals surface area contributed by atoms with E-state index >= 15 is 0 Å². The molecular weight excluding hydrogens is 751 g/mol. The standard InChI is InChI=1S/C36H40ClFN4O2S.C4H6O6/c1-3-40(4-2)21-22-41(23-26-9-13-28(14-10-26)29-15-17-30(37)18-16-29)34(43)24-42-33-8-6-5-7-32(33)35(44)39-36(42)45-25-27-11-19-31(38)20-12-27;5-1(3(7)8)2(6)4(9)10/h9-20H,3-8,21-25H2,1-2H3;1-2,5-6H,(H,7,8)(H,9,10). The van der Waals surface area contributed by atoms with Crippen molar-refractivity contribution < 1.29 is 39.2 Å². The molecule has 0 radical (unpaired) electrons. The molecule has 55 heavy (non-hydrogen) atoms. The summed E-state index contributed by atoms with van der Waals surface area (Å²) in [5, 5.41) is 33.8. The largest absolute Gasteiger partial charge is 0.479 e. The van der Waals surface area contributed by atoms with Crippen molar-refractivity contribution in [2.45, 2.75) is 75.7 Å². The Balaban J connectivity index is 0.000000592. The van der Waals surface area contributed by atoms with Gasteiger partial charge >= 0.3 is 11.9 Å². The van der Waals surface area contributed by atoms with E-state index in [0.29, 0.717) is 35.4 Å². The fourth-order valence-electron chi connectivity index (χ4n) is 6.01. The highest BCUT2D eigenvalue weighted by molar-refractivity contribution is 7.98. The number of carbonyl (C=O) groups excluding carboxylic acids is 1. The number of carbonyl (C=O) groups is 3. The quantitative estimate of drug-likeness (QED) is 0.0876. The van der Waals surface area contributed by atoms with E-state index in [9.17, 15) is 23.6 Å². The average Bonchev–Trinajstić information content (AvgIpc) is 3.19. The van der Waals surface area contributed by atoms with E-state index in [1.165, 1.54) is 23.9 Å². The van der Waals surface area contributed by atoms with Crippen LogP contribution in [0.3, 0.4) is 0 Å². The van der Waals surface area contributed by atoms with Gasteiger partial charge in [0.05, 0.1) is 0 Å². The van der Waals surface area contributed by atoms with E-state index in [2.05, 4.69) is 48.0 Å². The number of aliphatic hydroxyl groups excluding tert-OH is 2. The summed E-state index contributed by atoms with van der Waals surface area (Å²) in [6.07, 6.45) is -1.18. The van der Waals surface area contributed by atoms with Crippen LogP contribution in [-0.4, -0.2) is 96.0 Å². The Morgan fingerprint density at radius 2 is 1.38 bits per heavy atom. The number of carboxylic acids is 2. The molecule has 0 saturated heterocycles. The maximum atomic E-state index is 14.2. The number of benzene rings is 3. The summed E-state index contributed by atoms with van der Waals surface area (Å²) in [4.78, 5) is 55.5. The van der Waals surface area contributed by atoms with E-state index in [1.54, 1.807) is 12.1 Å². The Labute approximate surface area is 328 Å². The zero-order valence-corrected chi connectivity index (χ0v) is 32.3. The minimum atomic E-state index is -2.27. The van der Waals surface area contributed by atoms with Crippen LogP contribution < -0.4 is 5.56 Å². The molecule has 4 aromatic rings. The first-order chi connectivity index (χ1) is 26.3. The molecule has 1 aliphatic carbocycles. The molecule has 4 N–H and O–H groups in total. The number of rotatable bonds is 16. The summed E-state index contributed by atoms with van der Waals surface area (Å²) < 4.78 is 15.5. The van der Waals surface area contributed by atoms with Crippen LogP contribution in [0.2, 0.25) is 5.02 Å². The number of thioether (sulfide) groups is 1. The van der Waals surface area contributed by atoms with Crippen LogP contribution in [0.4, 0.5) is 4.39 Å². The Bertz CT molecular complexity index is 1940. The first-order valence-corrected chi connectivity index (χ1v) is 19.3. The maximum absolute atomic E-state index is 14.2. The lowest BCUT2D eigenvalue weighted by molar-refractivity contribution is -0.165. The highest BCUT2D eigenvalue weighted by atomic mass is 35.5. The number of hydrogen-bond donors (Lipinski definition) is 4. The predicted molar refractivity (Wildman–Crippen MR) is 208 cm³/mol. The molecule has 1 aromatic heterocycles. The van der Waals surface area contributed by atoms with Gasteiger partial charge in [0.2, 0.25) is 5.91 Å². The normalized spacial score (nSPS) is 13.3. The SMILES string of the molecule is CCN(CC)CCN(Cc1ccc(-c2ccc(Cl)cc2)cc1)C(=O)Cn1c(SCc2ccc(F)cc2)nc(=O)c2c1CCCC2.O=C(O)C(O)C(O)C(=O)O. The van der Waals surface area contributed by atoms with Crippen molar-refractivity contribution in [3.05, 3.63) is 116 Å². The van der Waals surface area contributed by atoms with Gasteiger partial charge in [0.1, 0.15) is 12.4 Å². The number of fused-ring (bicyclic) bond motifs is 1. The molecule has 1 amide bonds. The molecule has 0 saturated carbocycles. The molecule has 1 aliphatic rings. The Morgan fingerprint density at radius 1 is 0.836 bits per heavy atom. The van der Waals surface area contributed by atoms with Crippen LogP contribution in [-0.2, 0) is 46.1 Å². The lowest BCUT2D eigenvalue weighted by Crippen LogP contribution is -2.41. The minimum absolute atomic E-state index is 0.00853. The topological polar surface area (TPSA) is 174 Å². The summed E-state index contributed by atoms with van der Waals surface area (Å²) in [7, 11) is 0. The van der Waals surface area contributed by atoms with Gasteiger partial charge in [-0.15, -0.1) is 0 Å². The molecule has 1 heterocycles. The van der Waals surface area contributed by atoms with E-state index < -0.39 is 24.1 Å². The summed E-state index contributed by atoms with van der Waals surface area (Å²) in [5.74, 6) is -3.32. The van der Waals surface area contributed by atoms with Gasteiger partial charge in [-0.3, -0.25) is 9.59 Å².